The lowest BCUT2D eigenvalue weighted by Crippen LogP contribution is -2.32. The predicted octanol–water partition coefficient (Wildman–Crippen LogP) is 2.37. The van der Waals surface area contributed by atoms with Gasteiger partial charge in [0.15, 0.2) is 18.9 Å². The van der Waals surface area contributed by atoms with Crippen molar-refractivity contribution in [3.63, 3.8) is 0 Å². The Bertz CT molecular complexity index is 520. The minimum absolute atomic E-state index is 0.301. The average molecular weight is 249 g/mol. The maximum absolute atomic E-state index is 10.7. The number of nitrogens with zero attached hydrogens (tertiary/aromatic N) is 1. The molecular formula is C13H11ClNO2+. The Morgan fingerprint density at radius 1 is 1.12 bits per heavy atom. The van der Waals surface area contributed by atoms with Crippen molar-refractivity contribution in [1.82, 2.24) is 0 Å². The molecule has 0 aliphatic carbocycles. The first kappa shape index (κ1) is 11.6. The van der Waals surface area contributed by atoms with Crippen LogP contribution in [0.3, 0.4) is 0 Å². The molecule has 2 aromatic rings. The fraction of sp³-hybridized carbons (Fsp3) is 0.0769. The van der Waals surface area contributed by atoms with E-state index in [0.717, 1.165) is 5.56 Å². The highest BCUT2D eigenvalue weighted by Crippen LogP contribution is 2.05. The van der Waals surface area contributed by atoms with Crippen molar-refractivity contribution in [1.29, 1.82) is 0 Å². The molecule has 0 aliphatic heterocycles. The number of carboxylic acids is 1. The molecule has 1 aromatic carbocycles. The van der Waals surface area contributed by atoms with Gasteiger partial charge in [-0.2, -0.15) is 0 Å². The largest absolute Gasteiger partial charge is 0.478 e. The molecule has 0 saturated heterocycles. The van der Waals surface area contributed by atoms with Crippen LogP contribution in [0.2, 0.25) is 5.02 Å². The topological polar surface area (TPSA) is 41.2 Å². The van der Waals surface area contributed by atoms with Gasteiger partial charge in [-0.15, -0.1) is 0 Å². The van der Waals surface area contributed by atoms with Crippen LogP contribution >= 0.6 is 11.6 Å². The molecule has 0 spiro atoms. The van der Waals surface area contributed by atoms with Crippen LogP contribution in [0.1, 0.15) is 15.9 Å². The van der Waals surface area contributed by atoms with Crippen LogP contribution in [0.5, 0.6) is 0 Å². The number of halogens is 1. The SMILES string of the molecule is O=C(O)c1ccc(C[n+]2ccc(Cl)cc2)cc1. The van der Waals surface area contributed by atoms with E-state index in [1.54, 1.807) is 12.1 Å². The summed E-state index contributed by atoms with van der Waals surface area (Å²) in [5, 5.41) is 9.47. The van der Waals surface area contributed by atoms with Crippen LogP contribution < -0.4 is 4.57 Å². The molecule has 3 nitrogen and oxygen atoms in total. The second kappa shape index (κ2) is 4.97. The number of hydrogen-bond acceptors (Lipinski definition) is 1. The minimum atomic E-state index is -0.907. The van der Waals surface area contributed by atoms with Crippen LogP contribution in [-0.2, 0) is 6.54 Å². The molecule has 1 heterocycles. The molecular weight excluding hydrogens is 238 g/mol. The van der Waals surface area contributed by atoms with Crippen molar-refractivity contribution in [2.75, 3.05) is 0 Å². The standard InChI is InChI=1S/C13H10ClNO2/c14-12-5-7-15(8-6-12)9-10-1-3-11(4-2-10)13(16)17/h1-8H,9H2/p+1. The van der Waals surface area contributed by atoms with Crippen molar-refractivity contribution < 1.29 is 14.5 Å². The zero-order chi connectivity index (χ0) is 12.3. The molecule has 0 atom stereocenters. The van der Waals surface area contributed by atoms with Crippen LogP contribution in [0.25, 0.3) is 0 Å². The predicted molar refractivity (Wildman–Crippen MR) is 64.2 cm³/mol. The van der Waals surface area contributed by atoms with E-state index in [4.69, 9.17) is 16.7 Å². The number of carboxylic acid groups (broad SMARTS) is 1. The highest BCUT2D eigenvalue weighted by Gasteiger charge is 2.05. The summed E-state index contributed by atoms with van der Waals surface area (Å²) in [7, 11) is 0. The third-order valence-corrected chi connectivity index (χ3v) is 2.67. The van der Waals surface area contributed by atoms with E-state index < -0.39 is 5.97 Å². The van der Waals surface area contributed by atoms with Crippen molar-refractivity contribution in [3.05, 3.63) is 64.9 Å². The molecule has 0 bridgehead atoms. The van der Waals surface area contributed by atoms with Crippen molar-refractivity contribution in [3.8, 4) is 0 Å². The van der Waals surface area contributed by atoms with E-state index in [-0.39, 0.29) is 0 Å². The molecule has 0 unspecified atom stereocenters. The second-order valence-electron chi connectivity index (χ2n) is 3.69. The van der Waals surface area contributed by atoms with Crippen molar-refractivity contribution in [2.45, 2.75) is 6.54 Å². The molecule has 4 heteroatoms. The van der Waals surface area contributed by atoms with E-state index in [1.807, 2.05) is 41.2 Å². The second-order valence-corrected chi connectivity index (χ2v) is 4.13. The third-order valence-electron chi connectivity index (χ3n) is 2.42. The van der Waals surface area contributed by atoms with Gasteiger partial charge in [-0.05, 0) is 12.1 Å². The summed E-state index contributed by atoms with van der Waals surface area (Å²) in [6.45, 7) is 0.692. The lowest BCUT2D eigenvalue weighted by molar-refractivity contribution is -0.688. The van der Waals surface area contributed by atoms with Crippen molar-refractivity contribution in [2.24, 2.45) is 0 Å². The van der Waals surface area contributed by atoms with Gasteiger partial charge in [0.25, 0.3) is 0 Å². The summed E-state index contributed by atoms with van der Waals surface area (Å²) in [5.74, 6) is -0.907. The fourth-order valence-corrected chi connectivity index (χ4v) is 1.62. The molecule has 0 saturated carbocycles. The Labute approximate surface area is 104 Å². The fourth-order valence-electron chi connectivity index (χ4n) is 1.51. The highest BCUT2D eigenvalue weighted by molar-refractivity contribution is 6.30. The summed E-state index contributed by atoms with van der Waals surface area (Å²) in [4.78, 5) is 10.7. The van der Waals surface area contributed by atoms with Gasteiger partial charge >= 0.3 is 5.97 Å². The first-order chi connectivity index (χ1) is 8.15. The molecule has 17 heavy (non-hydrogen) atoms. The molecule has 86 valence electrons. The summed E-state index contributed by atoms with van der Waals surface area (Å²) < 4.78 is 1.97. The number of pyridine rings is 1. The number of hydrogen-bond donors (Lipinski definition) is 1. The van der Waals surface area contributed by atoms with E-state index in [9.17, 15) is 4.79 Å². The first-order valence-electron chi connectivity index (χ1n) is 5.12. The summed E-state index contributed by atoms with van der Waals surface area (Å²) >= 11 is 5.79. The van der Waals surface area contributed by atoms with Crippen LogP contribution in [0.15, 0.2) is 48.8 Å². The van der Waals surface area contributed by atoms with Gasteiger partial charge in [0.05, 0.1) is 10.6 Å². The van der Waals surface area contributed by atoms with Gasteiger partial charge in [0, 0.05) is 17.7 Å². The molecule has 0 amide bonds. The van der Waals surface area contributed by atoms with Gasteiger partial charge in [-0.1, -0.05) is 23.7 Å². The quantitative estimate of drug-likeness (QED) is 0.848. The van der Waals surface area contributed by atoms with Crippen LogP contribution in [-0.4, -0.2) is 11.1 Å². The molecule has 2 rings (SSSR count). The molecule has 1 aromatic heterocycles. The maximum atomic E-state index is 10.7. The monoisotopic (exact) mass is 248 g/mol. The molecule has 1 N–H and O–H groups in total. The van der Waals surface area contributed by atoms with Gasteiger partial charge in [-0.25, -0.2) is 9.36 Å². The Morgan fingerprint density at radius 2 is 1.71 bits per heavy atom. The Kier molecular flexibility index (Phi) is 3.40. The summed E-state index contributed by atoms with van der Waals surface area (Å²) in [6.07, 6.45) is 3.76. The van der Waals surface area contributed by atoms with E-state index in [2.05, 4.69) is 0 Å². The van der Waals surface area contributed by atoms with Gasteiger partial charge in [0.2, 0.25) is 0 Å². The Hall–Kier alpha value is -1.87. The van der Waals surface area contributed by atoms with E-state index in [0.29, 0.717) is 17.1 Å². The lowest BCUT2D eigenvalue weighted by atomic mass is 10.1. The zero-order valence-electron chi connectivity index (χ0n) is 9.01. The third kappa shape index (κ3) is 3.04. The normalized spacial score (nSPS) is 10.2. The first-order valence-corrected chi connectivity index (χ1v) is 5.50. The van der Waals surface area contributed by atoms with Gasteiger partial charge in [0.1, 0.15) is 0 Å². The van der Waals surface area contributed by atoms with Crippen molar-refractivity contribution >= 4 is 17.6 Å². The Balaban J connectivity index is 2.13. The summed E-state index contributed by atoms with van der Waals surface area (Å²) in [6, 6.07) is 10.5. The van der Waals surface area contributed by atoms with Crippen LogP contribution in [0.4, 0.5) is 0 Å². The number of rotatable bonds is 3. The number of benzene rings is 1. The van der Waals surface area contributed by atoms with Gasteiger partial charge < -0.3 is 5.11 Å². The molecule has 0 fully saturated rings. The average Bonchev–Trinajstić information content (AvgIpc) is 2.33. The number of carbonyl (C=O) groups is 1. The highest BCUT2D eigenvalue weighted by atomic mass is 35.5. The minimum Gasteiger partial charge on any atom is -0.478 e. The molecule has 0 aliphatic rings. The molecule has 0 radical (unpaired) electrons. The van der Waals surface area contributed by atoms with Gasteiger partial charge in [-0.3, -0.25) is 0 Å². The zero-order valence-corrected chi connectivity index (χ0v) is 9.76. The van der Waals surface area contributed by atoms with E-state index >= 15 is 0 Å². The lowest BCUT2D eigenvalue weighted by Gasteiger charge is -1.99. The maximum Gasteiger partial charge on any atom is 0.335 e. The Morgan fingerprint density at radius 3 is 2.24 bits per heavy atom. The van der Waals surface area contributed by atoms with Crippen LogP contribution in [0, 0.1) is 0 Å². The number of aromatic nitrogens is 1. The number of aromatic carboxylic acids is 1. The summed E-state index contributed by atoms with van der Waals surface area (Å²) in [5.41, 5.74) is 1.34. The van der Waals surface area contributed by atoms with E-state index in [1.165, 1.54) is 0 Å². The smallest absolute Gasteiger partial charge is 0.335 e.